The van der Waals surface area contributed by atoms with Crippen LogP contribution in [0.25, 0.3) is 21.5 Å². The van der Waals surface area contributed by atoms with Gasteiger partial charge in [-0.1, -0.05) is 30.3 Å². The number of aryl methyl sites for hydroxylation is 1. The zero-order chi connectivity index (χ0) is 14.8. The monoisotopic (exact) mass is 279 g/mol. The van der Waals surface area contributed by atoms with E-state index < -0.39 is 5.97 Å². The van der Waals surface area contributed by atoms with Crippen molar-refractivity contribution in [2.24, 2.45) is 0 Å². The topological polar surface area (TPSA) is 49.3 Å². The van der Waals surface area contributed by atoms with Crippen molar-refractivity contribution in [3.05, 3.63) is 54.1 Å². The lowest BCUT2D eigenvalue weighted by molar-refractivity contribution is -0.136. The van der Waals surface area contributed by atoms with Gasteiger partial charge in [0.05, 0.1) is 6.42 Å². The van der Waals surface area contributed by atoms with E-state index in [2.05, 4.69) is 42.6 Å². The molecule has 0 unspecified atom stereocenters. The molecule has 2 N–H and O–H groups in total. The molecule has 0 aliphatic rings. The molecule has 0 aliphatic carbocycles. The van der Waals surface area contributed by atoms with Crippen molar-refractivity contribution >= 4 is 33.2 Å². The van der Waals surface area contributed by atoms with E-state index in [0.717, 1.165) is 11.3 Å². The third-order valence-corrected chi connectivity index (χ3v) is 3.81. The van der Waals surface area contributed by atoms with Crippen molar-refractivity contribution < 1.29 is 9.90 Å². The van der Waals surface area contributed by atoms with Crippen molar-refractivity contribution in [2.45, 2.75) is 13.3 Å². The van der Waals surface area contributed by atoms with Crippen LogP contribution in [0.1, 0.15) is 12.0 Å². The van der Waals surface area contributed by atoms with Crippen LogP contribution in [0.2, 0.25) is 0 Å². The predicted octanol–water partition coefficient (Wildman–Crippen LogP) is 4.19. The third-order valence-electron chi connectivity index (χ3n) is 3.81. The molecule has 0 amide bonds. The maximum absolute atomic E-state index is 10.6. The number of hydrogen-bond acceptors (Lipinski definition) is 2. The van der Waals surface area contributed by atoms with Gasteiger partial charge in [-0.2, -0.15) is 0 Å². The average Bonchev–Trinajstić information content (AvgIpc) is 2.48. The molecule has 3 aromatic carbocycles. The summed E-state index contributed by atoms with van der Waals surface area (Å²) in [6.45, 7) is 2.51. The molecule has 0 saturated heterocycles. The normalized spacial score (nSPS) is 10.9. The van der Waals surface area contributed by atoms with Crippen molar-refractivity contribution in [1.82, 2.24) is 0 Å². The van der Waals surface area contributed by atoms with Crippen LogP contribution in [0.4, 0.5) is 5.69 Å². The Balaban J connectivity index is 2.02. The van der Waals surface area contributed by atoms with Gasteiger partial charge in [0.1, 0.15) is 0 Å². The highest BCUT2D eigenvalue weighted by molar-refractivity contribution is 6.01. The molecule has 0 aromatic heterocycles. The lowest BCUT2D eigenvalue weighted by atomic mass is 9.99. The van der Waals surface area contributed by atoms with Crippen LogP contribution in [0, 0.1) is 6.92 Å². The second-order valence-corrected chi connectivity index (χ2v) is 5.23. The molecule has 0 radical (unpaired) electrons. The Labute approximate surface area is 123 Å². The first-order chi connectivity index (χ1) is 10.1. The summed E-state index contributed by atoms with van der Waals surface area (Å²) in [5.74, 6) is -0.785. The van der Waals surface area contributed by atoms with E-state index in [4.69, 9.17) is 5.11 Å². The Morgan fingerprint density at radius 1 is 1.05 bits per heavy atom. The fourth-order valence-corrected chi connectivity index (χ4v) is 2.66. The lowest BCUT2D eigenvalue weighted by Crippen LogP contribution is -2.08. The minimum absolute atomic E-state index is 0.120. The molecule has 21 heavy (non-hydrogen) atoms. The number of anilines is 1. The molecule has 3 nitrogen and oxygen atoms in total. The summed E-state index contributed by atoms with van der Waals surface area (Å²) < 4.78 is 0. The summed E-state index contributed by atoms with van der Waals surface area (Å²) >= 11 is 0. The molecule has 3 aromatic rings. The van der Waals surface area contributed by atoms with E-state index in [-0.39, 0.29) is 6.42 Å². The molecular weight excluding hydrogens is 262 g/mol. The number of benzene rings is 3. The molecule has 0 fully saturated rings. The Kier molecular flexibility index (Phi) is 3.48. The standard InChI is InChI=1S/C18H17NO2/c1-12-16-11-14-5-3-2-4-13(14)10-15(16)6-7-17(12)19-9-8-18(20)21/h2-7,10-11,19H,8-9H2,1H3,(H,20,21). The van der Waals surface area contributed by atoms with Crippen molar-refractivity contribution in [2.75, 3.05) is 11.9 Å². The lowest BCUT2D eigenvalue weighted by Gasteiger charge is -2.12. The molecule has 0 bridgehead atoms. The van der Waals surface area contributed by atoms with Gasteiger partial charge < -0.3 is 10.4 Å². The average molecular weight is 279 g/mol. The number of aliphatic carboxylic acids is 1. The zero-order valence-electron chi connectivity index (χ0n) is 11.9. The largest absolute Gasteiger partial charge is 0.481 e. The van der Waals surface area contributed by atoms with Gasteiger partial charge in [-0.3, -0.25) is 4.79 Å². The highest BCUT2D eigenvalue weighted by Gasteiger charge is 2.05. The number of carboxylic acids is 1. The molecule has 0 heterocycles. The van der Waals surface area contributed by atoms with E-state index in [1.54, 1.807) is 0 Å². The molecule has 3 heteroatoms. The first-order valence-corrected chi connectivity index (χ1v) is 7.03. The molecule has 0 saturated carbocycles. The first-order valence-electron chi connectivity index (χ1n) is 7.03. The Morgan fingerprint density at radius 2 is 1.76 bits per heavy atom. The fourth-order valence-electron chi connectivity index (χ4n) is 2.66. The highest BCUT2D eigenvalue weighted by Crippen LogP contribution is 2.29. The van der Waals surface area contributed by atoms with Crippen LogP contribution in [0.15, 0.2) is 48.5 Å². The molecule has 0 atom stereocenters. The minimum Gasteiger partial charge on any atom is -0.481 e. The summed E-state index contributed by atoms with van der Waals surface area (Å²) in [7, 11) is 0. The van der Waals surface area contributed by atoms with Crippen LogP contribution in [-0.2, 0) is 4.79 Å². The van der Waals surface area contributed by atoms with Gasteiger partial charge in [0.25, 0.3) is 0 Å². The molecular formula is C18H17NO2. The highest BCUT2D eigenvalue weighted by atomic mass is 16.4. The first kappa shape index (κ1) is 13.4. The maximum Gasteiger partial charge on any atom is 0.305 e. The van der Waals surface area contributed by atoms with Crippen LogP contribution < -0.4 is 5.32 Å². The number of rotatable bonds is 4. The number of carboxylic acid groups (broad SMARTS) is 1. The van der Waals surface area contributed by atoms with E-state index in [1.165, 1.54) is 21.5 Å². The molecule has 0 spiro atoms. The summed E-state index contributed by atoms with van der Waals surface area (Å²) in [6.07, 6.45) is 0.120. The number of hydrogen-bond donors (Lipinski definition) is 2. The molecule has 3 rings (SSSR count). The van der Waals surface area contributed by atoms with E-state index in [1.807, 2.05) is 18.2 Å². The summed E-state index contributed by atoms with van der Waals surface area (Å²) in [5, 5.41) is 16.8. The van der Waals surface area contributed by atoms with Crippen LogP contribution in [-0.4, -0.2) is 17.6 Å². The van der Waals surface area contributed by atoms with E-state index in [9.17, 15) is 4.79 Å². The van der Waals surface area contributed by atoms with Crippen LogP contribution in [0.3, 0.4) is 0 Å². The fraction of sp³-hybridized carbons (Fsp3) is 0.167. The molecule has 0 aliphatic heterocycles. The van der Waals surface area contributed by atoms with Crippen LogP contribution >= 0.6 is 0 Å². The Hall–Kier alpha value is -2.55. The quantitative estimate of drug-likeness (QED) is 0.704. The van der Waals surface area contributed by atoms with Gasteiger partial charge in [0.15, 0.2) is 0 Å². The third kappa shape index (κ3) is 2.68. The van der Waals surface area contributed by atoms with Gasteiger partial charge in [-0.05, 0) is 52.2 Å². The molecule has 106 valence electrons. The summed E-state index contributed by atoms with van der Waals surface area (Å²) in [6, 6.07) is 16.8. The SMILES string of the molecule is Cc1c(NCCC(=O)O)ccc2cc3ccccc3cc12. The van der Waals surface area contributed by atoms with Gasteiger partial charge >= 0.3 is 5.97 Å². The van der Waals surface area contributed by atoms with Gasteiger partial charge in [0, 0.05) is 12.2 Å². The second-order valence-electron chi connectivity index (χ2n) is 5.23. The van der Waals surface area contributed by atoms with Crippen molar-refractivity contribution in [1.29, 1.82) is 0 Å². The Bertz CT molecular complexity index is 824. The van der Waals surface area contributed by atoms with Gasteiger partial charge in [-0.25, -0.2) is 0 Å². The number of fused-ring (bicyclic) bond motifs is 2. The van der Waals surface area contributed by atoms with Crippen LogP contribution in [0.5, 0.6) is 0 Å². The Morgan fingerprint density at radius 3 is 2.48 bits per heavy atom. The summed E-state index contributed by atoms with van der Waals surface area (Å²) in [4.78, 5) is 10.6. The van der Waals surface area contributed by atoms with Gasteiger partial charge in [-0.15, -0.1) is 0 Å². The summed E-state index contributed by atoms with van der Waals surface area (Å²) in [5.41, 5.74) is 2.16. The second kappa shape index (κ2) is 5.44. The van der Waals surface area contributed by atoms with Gasteiger partial charge in [0.2, 0.25) is 0 Å². The maximum atomic E-state index is 10.6. The number of carbonyl (C=O) groups is 1. The smallest absolute Gasteiger partial charge is 0.305 e. The van der Waals surface area contributed by atoms with Crippen molar-refractivity contribution in [3.8, 4) is 0 Å². The van der Waals surface area contributed by atoms with Crippen molar-refractivity contribution in [3.63, 3.8) is 0 Å². The minimum atomic E-state index is -0.785. The zero-order valence-corrected chi connectivity index (χ0v) is 11.9. The number of nitrogens with one attached hydrogen (secondary N) is 1. The van der Waals surface area contributed by atoms with E-state index >= 15 is 0 Å². The van der Waals surface area contributed by atoms with E-state index in [0.29, 0.717) is 6.54 Å². The predicted molar refractivity (Wildman–Crippen MR) is 86.9 cm³/mol.